The van der Waals surface area contributed by atoms with Gasteiger partial charge in [0.05, 0.1) is 17.3 Å². The molecule has 0 atom stereocenters. The second-order valence-electron chi connectivity index (χ2n) is 6.25. The van der Waals surface area contributed by atoms with E-state index < -0.39 is 29.5 Å². The molecule has 1 aromatic heterocycles. The lowest BCUT2D eigenvalue weighted by atomic mass is 10.1. The smallest absolute Gasteiger partial charge is 0.490 e. The number of nitrogens with two attached hydrogens (primary N) is 1. The third-order valence-electron chi connectivity index (χ3n) is 4.03. The van der Waals surface area contributed by atoms with E-state index >= 15 is 0 Å². The van der Waals surface area contributed by atoms with Crippen molar-refractivity contribution in [3.8, 4) is 22.8 Å². The molecule has 11 heteroatoms. The molecule has 3 aromatic rings. The Morgan fingerprint density at radius 2 is 1.81 bits per heavy atom. The molecule has 5 nitrogen and oxygen atoms in total. The number of ether oxygens (including phenoxy) is 2. The van der Waals surface area contributed by atoms with Crippen LogP contribution in [-0.2, 0) is 6.42 Å². The van der Waals surface area contributed by atoms with Crippen LogP contribution < -0.4 is 15.2 Å². The quantitative estimate of drug-likeness (QED) is 0.377. The number of aryl methyl sites for hydroxylation is 1. The zero-order valence-electron chi connectivity index (χ0n) is 15.7. The van der Waals surface area contributed by atoms with Gasteiger partial charge >= 0.3 is 6.36 Å². The van der Waals surface area contributed by atoms with Crippen LogP contribution in [0.5, 0.6) is 11.5 Å². The minimum atomic E-state index is -4.75. The van der Waals surface area contributed by atoms with Gasteiger partial charge in [-0.3, -0.25) is 4.79 Å². The highest BCUT2D eigenvalue weighted by molar-refractivity contribution is 7.09. The van der Waals surface area contributed by atoms with Crippen LogP contribution >= 0.6 is 11.3 Å². The van der Waals surface area contributed by atoms with Crippen LogP contribution in [0.3, 0.4) is 0 Å². The second-order valence-corrected chi connectivity index (χ2v) is 7.19. The molecule has 0 aliphatic carbocycles. The molecule has 1 amide bonds. The van der Waals surface area contributed by atoms with E-state index in [-0.39, 0.29) is 18.1 Å². The Kier molecular flexibility index (Phi) is 6.74. The first-order valence-corrected chi connectivity index (χ1v) is 9.73. The second kappa shape index (κ2) is 9.29. The third-order valence-corrected chi connectivity index (χ3v) is 4.94. The number of hydrogen-bond acceptors (Lipinski definition) is 5. The standard InChI is InChI=1S/C20H15F5N2O3S/c21-13-7-8-15(18(22)17(13)19(26)28)29-9-1-2-16-27-14(10-31-16)11-3-5-12(6-4-11)30-20(23,24)25/h3-8,10H,1-2,9H2,(H2,26,28). The molecular formula is C20H15F5N2O3S. The first kappa shape index (κ1) is 22.5. The fourth-order valence-corrected chi connectivity index (χ4v) is 3.51. The van der Waals surface area contributed by atoms with Crippen LogP contribution in [0.15, 0.2) is 41.8 Å². The molecular weight excluding hydrogens is 443 g/mol. The zero-order chi connectivity index (χ0) is 22.6. The van der Waals surface area contributed by atoms with Crippen molar-refractivity contribution >= 4 is 17.2 Å². The van der Waals surface area contributed by atoms with Crippen molar-refractivity contribution in [3.05, 3.63) is 64.0 Å². The Morgan fingerprint density at radius 3 is 2.45 bits per heavy atom. The van der Waals surface area contributed by atoms with E-state index in [0.717, 1.165) is 17.1 Å². The molecule has 0 aliphatic rings. The number of aromatic nitrogens is 1. The fourth-order valence-electron chi connectivity index (χ4n) is 2.66. The molecule has 164 valence electrons. The van der Waals surface area contributed by atoms with Gasteiger partial charge in [-0.15, -0.1) is 24.5 Å². The van der Waals surface area contributed by atoms with Gasteiger partial charge in [0.25, 0.3) is 5.91 Å². The molecule has 0 radical (unpaired) electrons. The van der Waals surface area contributed by atoms with Crippen molar-refractivity contribution in [1.82, 2.24) is 4.98 Å². The highest BCUT2D eigenvalue weighted by Crippen LogP contribution is 2.28. The number of thiazole rings is 1. The minimum absolute atomic E-state index is 0.0825. The zero-order valence-corrected chi connectivity index (χ0v) is 16.5. The average Bonchev–Trinajstić information content (AvgIpc) is 3.15. The van der Waals surface area contributed by atoms with Gasteiger partial charge in [-0.2, -0.15) is 0 Å². The Labute approximate surface area is 177 Å². The predicted molar refractivity (Wildman–Crippen MR) is 103 cm³/mol. The van der Waals surface area contributed by atoms with E-state index in [1.54, 1.807) is 5.38 Å². The van der Waals surface area contributed by atoms with Crippen molar-refractivity contribution in [3.63, 3.8) is 0 Å². The van der Waals surface area contributed by atoms with Crippen LogP contribution in [0.4, 0.5) is 22.0 Å². The van der Waals surface area contributed by atoms with Crippen LogP contribution in [0.2, 0.25) is 0 Å². The topological polar surface area (TPSA) is 74.4 Å². The Balaban J connectivity index is 1.54. The summed E-state index contributed by atoms with van der Waals surface area (Å²) in [6.45, 7) is 0.0825. The Bertz CT molecular complexity index is 1070. The van der Waals surface area contributed by atoms with Gasteiger partial charge in [0, 0.05) is 17.4 Å². The number of primary amides is 1. The fraction of sp³-hybridized carbons (Fsp3) is 0.200. The van der Waals surface area contributed by atoms with Gasteiger partial charge in [0.2, 0.25) is 0 Å². The maximum Gasteiger partial charge on any atom is 0.573 e. The van der Waals surface area contributed by atoms with E-state index in [0.29, 0.717) is 24.1 Å². The summed E-state index contributed by atoms with van der Waals surface area (Å²) in [5.41, 5.74) is 5.33. The first-order valence-electron chi connectivity index (χ1n) is 8.85. The largest absolute Gasteiger partial charge is 0.573 e. The molecule has 0 saturated carbocycles. The first-order chi connectivity index (χ1) is 14.6. The summed E-state index contributed by atoms with van der Waals surface area (Å²) in [6, 6.07) is 7.31. The molecule has 0 bridgehead atoms. The lowest BCUT2D eigenvalue weighted by Gasteiger charge is -2.09. The highest BCUT2D eigenvalue weighted by atomic mass is 32.1. The summed E-state index contributed by atoms with van der Waals surface area (Å²) in [5.74, 6) is -4.05. The van der Waals surface area contributed by atoms with E-state index in [1.165, 1.54) is 35.6 Å². The number of hydrogen-bond donors (Lipinski definition) is 1. The maximum absolute atomic E-state index is 14.1. The van der Waals surface area contributed by atoms with Crippen molar-refractivity contribution in [2.45, 2.75) is 19.2 Å². The van der Waals surface area contributed by atoms with Gasteiger partial charge in [-0.1, -0.05) is 0 Å². The van der Waals surface area contributed by atoms with E-state index in [2.05, 4.69) is 9.72 Å². The number of nitrogens with zero attached hydrogens (tertiary/aromatic N) is 1. The lowest BCUT2D eigenvalue weighted by Crippen LogP contribution is -2.16. The summed E-state index contributed by atoms with van der Waals surface area (Å²) in [4.78, 5) is 15.5. The monoisotopic (exact) mass is 458 g/mol. The van der Waals surface area contributed by atoms with Gasteiger partial charge in [0.1, 0.15) is 17.1 Å². The summed E-state index contributed by atoms with van der Waals surface area (Å²) < 4.78 is 73.3. The molecule has 0 spiro atoms. The molecule has 1 heterocycles. The highest BCUT2D eigenvalue weighted by Gasteiger charge is 2.31. The number of carbonyl (C=O) groups excluding carboxylic acids is 1. The van der Waals surface area contributed by atoms with Crippen LogP contribution in [0.1, 0.15) is 21.8 Å². The molecule has 31 heavy (non-hydrogen) atoms. The van der Waals surface area contributed by atoms with Crippen molar-refractivity contribution in [2.75, 3.05) is 6.61 Å². The Hall–Kier alpha value is -3.21. The number of alkyl halides is 3. The molecule has 0 aliphatic heterocycles. The number of rotatable bonds is 8. The Morgan fingerprint density at radius 1 is 1.10 bits per heavy atom. The molecule has 0 saturated heterocycles. The molecule has 0 fully saturated rings. The average molecular weight is 458 g/mol. The maximum atomic E-state index is 14.1. The van der Waals surface area contributed by atoms with E-state index in [1.807, 2.05) is 0 Å². The van der Waals surface area contributed by atoms with Crippen LogP contribution in [-0.4, -0.2) is 23.9 Å². The van der Waals surface area contributed by atoms with Gasteiger partial charge < -0.3 is 15.2 Å². The van der Waals surface area contributed by atoms with Gasteiger partial charge in [-0.25, -0.2) is 13.8 Å². The van der Waals surface area contributed by atoms with Crippen LogP contribution in [0, 0.1) is 11.6 Å². The van der Waals surface area contributed by atoms with E-state index in [9.17, 15) is 26.7 Å². The molecule has 2 N–H and O–H groups in total. The molecule has 0 unspecified atom stereocenters. The normalized spacial score (nSPS) is 11.4. The van der Waals surface area contributed by atoms with Crippen molar-refractivity contribution in [2.24, 2.45) is 5.73 Å². The lowest BCUT2D eigenvalue weighted by molar-refractivity contribution is -0.274. The summed E-state index contributed by atoms with van der Waals surface area (Å²) in [7, 11) is 0. The summed E-state index contributed by atoms with van der Waals surface area (Å²) in [5, 5.41) is 2.50. The third kappa shape index (κ3) is 5.91. The summed E-state index contributed by atoms with van der Waals surface area (Å²) >= 11 is 1.35. The number of benzene rings is 2. The number of amides is 1. The minimum Gasteiger partial charge on any atom is -0.490 e. The number of carbonyl (C=O) groups is 1. The van der Waals surface area contributed by atoms with Gasteiger partial charge in [0.15, 0.2) is 11.6 Å². The van der Waals surface area contributed by atoms with Crippen molar-refractivity contribution in [1.29, 1.82) is 0 Å². The van der Waals surface area contributed by atoms with Crippen molar-refractivity contribution < 1.29 is 36.2 Å². The molecule has 2 aromatic carbocycles. The summed E-state index contributed by atoms with van der Waals surface area (Å²) in [6.07, 6.45) is -3.81. The number of halogens is 5. The van der Waals surface area contributed by atoms with Gasteiger partial charge in [-0.05, 0) is 42.8 Å². The van der Waals surface area contributed by atoms with Crippen LogP contribution in [0.25, 0.3) is 11.3 Å². The SMILES string of the molecule is NC(=O)c1c(F)ccc(OCCCc2nc(-c3ccc(OC(F)(F)F)cc3)cs2)c1F. The predicted octanol–water partition coefficient (Wildman–Crippen LogP) is 5.10. The molecule has 3 rings (SSSR count). The van der Waals surface area contributed by atoms with E-state index in [4.69, 9.17) is 10.5 Å².